The summed E-state index contributed by atoms with van der Waals surface area (Å²) < 4.78 is 9.13. The Bertz CT molecular complexity index is 603. The van der Waals surface area contributed by atoms with Crippen molar-refractivity contribution in [2.45, 2.75) is 12.5 Å². The predicted octanol–water partition coefficient (Wildman–Crippen LogP) is 0.528. The third kappa shape index (κ3) is 2.62. The molecule has 0 unspecified atom stereocenters. The van der Waals surface area contributed by atoms with Gasteiger partial charge in [-0.25, -0.2) is 14.6 Å². The van der Waals surface area contributed by atoms with E-state index >= 15 is 0 Å². The van der Waals surface area contributed by atoms with Gasteiger partial charge in [-0.05, 0) is 6.42 Å². The molecule has 9 heteroatoms. The molecule has 0 aliphatic carbocycles. The van der Waals surface area contributed by atoms with Crippen LogP contribution >= 0.6 is 0 Å². The maximum atomic E-state index is 11.5. The maximum Gasteiger partial charge on any atom is 0.339 e. The average Bonchev–Trinajstić information content (AvgIpc) is 2.45. The van der Waals surface area contributed by atoms with Crippen LogP contribution in [0.2, 0.25) is 0 Å². The van der Waals surface area contributed by atoms with Crippen molar-refractivity contribution in [3.63, 3.8) is 0 Å². The van der Waals surface area contributed by atoms with Crippen LogP contribution in [0.25, 0.3) is 0 Å². The van der Waals surface area contributed by atoms with Crippen LogP contribution in [0, 0.1) is 10.1 Å². The second-order valence-electron chi connectivity index (χ2n) is 4.34. The Morgan fingerprint density at radius 1 is 1.43 bits per heavy atom. The number of ether oxygens (including phenoxy) is 2. The van der Waals surface area contributed by atoms with E-state index in [1.807, 2.05) is 0 Å². The molecule has 112 valence electrons. The smallest absolute Gasteiger partial charge is 0.339 e. The van der Waals surface area contributed by atoms with E-state index in [0.29, 0.717) is 13.0 Å². The number of hydrogen-bond acceptors (Lipinski definition) is 8. The number of anilines is 1. The van der Waals surface area contributed by atoms with Gasteiger partial charge in [0.15, 0.2) is 0 Å². The lowest BCUT2D eigenvalue weighted by Gasteiger charge is -2.39. The lowest BCUT2D eigenvalue weighted by Crippen LogP contribution is -2.53. The molecule has 0 amide bonds. The normalized spacial score (nSPS) is 16.9. The number of rotatable bonds is 4. The molecule has 0 spiro atoms. The van der Waals surface area contributed by atoms with Gasteiger partial charge in [-0.1, -0.05) is 0 Å². The third-order valence-electron chi connectivity index (χ3n) is 3.23. The van der Waals surface area contributed by atoms with Crippen molar-refractivity contribution >= 4 is 23.4 Å². The first-order chi connectivity index (χ1) is 9.99. The fraction of sp³-hybridized carbons (Fsp3) is 0.417. The van der Waals surface area contributed by atoms with Crippen LogP contribution in [0.5, 0.6) is 0 Å². The molecule has 1 atom stereocenters. The van der Waals surface area contributed by atoms with Crippen LogP contribution in [0.4, 0.5) is 11.5 Å². The Morgan fingerprint density at radius 3 is 2.62 bits per heavy atom. The van der Waals surface area contributed by atoms with Crippen molar-refractivity contribution in [1.29, 1.82) is 0 Å². The van der Waals surface area contributed by atoms with Gasteiger partial charge in [0.2, 0.25) is 5.82 Å². The molecule has 2 rings (SSSR count). The summed E-state index contributed by atoms with van der Waals surface area (Å²) in [4.78, 5) is 38.8. The van der Waals surface area contributed by atoms with Crippen molar-refractivity contribution in [2.24, 2.45) is 0 Å². The Morgan fingerprint density at radius 2 is 2.14 bits per heavy atom. The van der Waals surface area contributed by atoms with Crippen molar-refractivity contribution in [2.75, 3.05) is 25.7 Å². The molecule has 1 aliphatic heterocycles. The molecule has 9 nitrogen and oxygen atoms in total. The van der Waals surface area contributed by atoms with Gasteiger partial charge in [0, 0.05) is 18.8 Å². The molecule has 1 saturated heterocycles. The fourth-order valence-corrected chi connectivity index (χ4v) is 2.05. The topological polar surface area (TPSA) is 112 Å². The lowest BCUT2D eigenvalue weighted by molar-refractivity contribution is -0.384. The van der Waals surface area contributed by atoms with Gasteiger partial charge < -0.3 is 14.4 Å². The van der Waals surface area contributed by atoms with Crippen LogP contribution in [-0.2, 0) is 14.3 Å². The number of nitrogens with zero attached hydrogens (tertiary/aromatic N) is 3. The van der Waals surface area contributed by atoms with E-state index in [1.54, 1.807) is 0 Å². The molecule has 1 aliphatic rings. The zero-order valence-electron chi connectivity index (χ0n) is 11.4. The van der Waals surface area contributed by atoms with Crippen molar-refractivity contribution in [1.82, 2.24) is 4.98 Å². The van der Waals surface area contributed by atoms with Gasteiger partial charge in [0.05, 0.1) is 24.7 Å². The van der Waals surface area contributed by atoms with Gasteiger partial charge in [-0.2, -0.15) is 0 Å². The summed E-state index contributed by atoms with van der Waals surface area (Å²) in [6, 6.07) is 0.492. The highest BCUT2D eigenvalue weighted by Crippen LogP contribution is 2.33. The SMILES string of the molecule is COC(=O)c1cnc(N2CC[C@H]2C(=O)OC)c([N+](=O)[O-])c1. The van der Waals surface area contributed by atoms with E-state index in [-0.39, 0.29) is 17.1 Å². The van der Waals surface area contributed by atoms with Gasteiger partial charge in [0.25, 0.3) is 0 Å². The highest BCUT2D eigenvalue weighted by molar-refractivity contribution is 5.91. The monoisotopic (exact) mass is 295 g/mol. The summed E-state index contributed by atoms with van der Waals surface area (Å²) in [7, 11) is 2.42. The minimum absolute atomic E-state index is 0.0249. The lowest BCUT2D eigenvalue weighted by atomic mass is 10.0. The molecule has 2 heterocycles. The molecule has 21 heavy (non-hydrogen) atoms. The van der Waals surface area contributed by atoms with Gasteiger partial charge in [-0.15, -0.1) is 0 Å². The molecule has 0 saturated carbocycles. The zero-order valence-corrected chi connectivity index (χ0v) is 11.4. The average molecular weight is 295 g/mol. The largest absolute Gasteiger partial charge is 0.467 e. The number of aromatic nitrogens is 1. The number of hydrogen-bond donors (Lipinski definition) is 0. The maximum absolute atomic E-state index is 11.5. The zero-order chi connectivity index (χ0) is 15.6. The first-order valence-corrected chi connectivity index (χ1v) is 6.06. The molecule has 1 aromatic heterocycles. The molecule has 1 aromatic rings. The van der Waals surface area contributed by atoms with E-state index in [4.69, 9.17) is 0 Å². The van der Waals surface area contributed by atoms with E-state index in [0.717, 1.165) is 6.07 Å². The van der Waals surface area contributed by atoms with E-state index in [2.05, 4.69) is 14.5 Å². The van der Waals surface area contributed by atoms with E-state index in [9.17, 15) is 19.7 Å². The molecular formula is C12H13N3O6. The van der Waals surface area contributed by atoms with Crippen molar-refractivity contribution < 1.29 is 24.0 Å². The Hall–Kier alpha value is -2.71. The third-order valence-corrected chi connectivity index (χ3v) is 3.23. The van der Waals surface area contributed by atoms with Crippen LogP contribution in [-0.4, -0.2) is 48.7 Å². The first-order valence-electron chi connectivity index (χ1n) is 6.06. The second-order valence-corrected chi connectivity index (χ2v) is 4.34. The minimum Gasteiger partial charge on any atom is -0.467 e. The van der Waals surface area contributed by atoms with Crippen LogP contribution < -0.4 is 4.90 Å². The summed E-state index contributed by atoms with van der Waals surface area (Å²) in [6.45, 7) is 0.450. The number of pyridine rings is 1. The predicted molar refractivity (Wildman–Crippen MR) is 70.0 cm³/mol. The molecule has 1 fully saturated rings. The summed E-state index contributed by atoms with van der Waals surface area (Å²) in [5, 5.41) is 11.1. The van der Waals surface area contributed by atoms with Gasteiger partial charge >= 0.3 is 17.6 Å². The molecule has 0 aromatic carbocycles. The highest BCUT2D eigenvalue weighted by atomic mass is 16.6. The van der Waals surface area contributed by atoms with Crippen LogP contribution in [0.15, 0.2) is 12.3 Å². The standard InChI is InChI=1S/C12H13N3O6/c1-20-11(16)7-5-9(15(18)19)10(13-6-7)14-4-3-8(14)12(17)21-2/h5-6,8H,3-4H2,1-2H3/t8-/m0/s1. The summed E-state index contributed by atoms with van der Waals surface area (Å²) in [5.74, 6) is -1.16. The number of carbonyl (C=O) groups is 2. The fourth-order valence-electron chi connectivity index (χ4n) is 2.05. The van der Waals surface area contributed by atoms with Crippen LogP contribution in [0.3, 0.4) is 0 Å². The van der Waals surface area contributed by atoms with Crippen LogP contribution in [0.1, 0.15) is 16.8 Å². The quantitative estimate of drug-likeness (QED) is 0.449. The number of methoxy groups -OCH3 is 2. The van der Waals surface area contributed by atoms with Crippen molar-refractivity contribution in [3.05, 3.63) is 27.9 Å². The second kappa shape index (κ2) is 5.73. The summed E-state index contributed by atoms with van der Waals surface area (Å²) in [5.41, 5.74) is -0.380. The summed E-state index contributed by atoms with van der Waals surface area (Å²) >= 11 is 0. The van der Waals surface area contributed by atoms with Gasteiger partial charge in [0.1, 0.15) is 6.04 Å². The minimum atomic E-state index is -0.717. The molecule has 0 radical (unpaired) electrons. The number of nitro groups is 1. The molecule has 0 bridgehead atoms. The van der Waals surface area contributed by atoms with E-state index < -0.39 is 22.9 Å². The van der Waals surface area contributed by atoms with Crippen molar-refractivity contribution in [3.8, 4) is 0 Å². The number of esters is 2. The Balaban J connectivity index is 2.38. The number of carbonyl (C=O) groups excluding carboxylic acids is 2. The first kappa shape index (κ1) is 14.7. The molecular weight excluding hydrogens is 282 g/mol. The molecule has 0 N–H and O–H groups in total. The highest BCUT2D eigenvalue weighted by Gasteiger charge is 2.39. The Kier molecular flexibility index (Phi) is 4.01. The Labute approximate surface area is 119 Å². The van der Waals surface area contributed by atoms with Gasteiger partial charge in [-0.3, -0.25) is 10.1 Å². The summed E-state index contributed by atoms with van der Waals surface area (Å²) in [6.07, 6.45) is 1.71. The van der Waals surface area contributed by atoms with E-state index in [1.165, 1.54) is 25.3 Å².